The predicted octanol–water partition coefficient (Wildman–Crippen LogP) is 11.4. The summed E-state index contributed by atoms with van der Waals surface area (Å²) in [6, 6.07) is 19.3. The molecule has 0 radical (unpaired) electrons. The van der Waals surface area contributed by atoms with Crippen molar-refractivity contribution in [3.63, 3.8) is 0 Å². The molecule has 3 aromatic rings. The van der Waals surface area contributed by atoms with Gasteiger partial charge in [-0.1, -0.05) is 125 Å². The van der Waals surface area contributed by atoms with Crippen molar-refractivity contribution < 1.29 is 103 Å². The number of likely N-dealkylation sites (tertiary alicyclic amines) is 5. The lowest BCUT2D eigenvalue weighted by atomic mass is 9.85. The average Bonchev–Trinajstić information content (AvgIpc) is 1.24. The van der Waals surface area contributed by atoms with Crippen molar-refractivity contribution >= 4 is 83.3 Å². The summed E-state index contributed by atoms with van der Waals surface area (Å²) >= 11 is 3.87. The highest BCUT2D eigenvalue weighted by Gasteiger charge is 2.50. The minimum atomic E-state index is -0.954. The Hall–Kier alpha value is -7.86. The van der Waals surface area contributed by atoms with Crippen LogP contribution in [0, 0.1) is 17.8 Å². The maximum atomic E-state index is 11.2. The molecule has 16 rings (SSSR count). The van der Waals surface area contributed by atoms with E-state index in [1.807, 2.05) is 147 Å². The molecular formula is C91H152N10O21S2. The molecule has 14 atom stereocenters. The number of hydrogen-bond donors (Lipinski definition) is 9. The number of nitrogens with zero attached hydrogens (tertiary/aromatic N) is 10. The molecule has 0 unspecified atom stereocenters. The lowest BCUT2D eigenvalue weighted by molar-refractivity contribution is -0.144. The molecule has 124 heavy (non-hydrogen) atoms. The average molecular weight is 1790 g/mol. The number of rotatable bonds is 13. The fourth-order valence-corrected chi connectivity index (χ4v) is 22.8. The lowest BCUT2D eigenvalue weighted by Crippen LogP contribution is -2.43. The van der Waals surface area contributed by atoms with Crippen LogP contribution < -0.4 is 9.47 Å². The predicted molar refractivity (Wildman–Crippen MR) is 488 cm³/mol. The zero-order chi connectivity index (χ0) is 86.7. The summed E-state index contributed by atoms with van der Waals surface area (Å²) in [5.41, 5.74) is 7.23. The molecule has 7 saturated heterocycles. The van der Waals surface area contributed by atoms with Gasteiger partial charge in [0, 0.05) is 69.4 Å². The second-order valence-electron chi connectivity index (χ2n) is 33.8. The van der Waals surface area contributed by atoms with Crippen LogP contribution >= 0.6 is 23.5 Å². The van der Waals surface area contributed by atoms with Crippen molar-refractivity contribution in [1.82, 2.24) is 49.0 Å². The highest BCUT2D eigenvalue weighted by molar-refractivity contribution is 8.21. The summed E-state index contributed by atoms with van der Waals surface area (Å²) in [5, 5.41) is 79.9. The minimum absolute atomic E-state index is 0. The first-order valence-corrected chi connectivity index (χ1v) is 43.2. The molecule has 31 nitrogen and oxygen atoms in total. The normalized spacial score (nSPS) is 27.3. The molecule has 0 aromatic heterocycles. The largest absolute Gasteiger partial charge is 0.493 e. The standard InChI is InChI=1S/C13H17NO4.C12H15NO2.C11H13NO2.2C10H17NO2.C9H15NO2.C8H13NO2S2.C6H10N2O3.C6H11NO2.6CH4/c1-14-7-9-6-12(18-3)11(17-2)5-8(9)4-10(14)13(15)16;1-13(8-12(14)15)11-6-9-4-2-3-5-10(9)7-11;1-12-7-9-5-3-2-4-8(9)6-10(12)11(13)14;2*1-11-8-5-3-2-4-7(8)6-9(11)10(12)13;1-10-7-4-2-3-6(7)5-8(10)9(11)12;1-9-5-8(12-2-3-13-8)4-6(9)7(10)11;1-7-3-4(5(9)10)8(2)6(7)11;1-7-4-2-3-5(7)6(8)9;;;;;;/h5-6,10H,4,7H2,1-3H3,(H,15,16);2-5,11H,6-8H2,1H3,(H,14,15);2-5,10H,6-7H2,1H3,(H,13,14);2*7-9H,2-6H2,1H3,(H,12,13);6-8H,2-5H2,1H3,(H,11,12);6H,2-5H2,1H3,(H,10,11);4H,3H2,1-2H3,(H,9,10);5H,2-4H2,1H3,(H,8,9);6*1H4/t10-;;10-;2*7-,8-,9-;6-,7-,8-;6-;4-;5-;;;;;;/m0.0000000....../s1. The van der Waals surface area contributed by atoms with Crippen LogP contribution in [0.25, 0.3) is 0 Å². The SMILES string of the molecule is C.C.C.C.C.C.CN(CC(=O)O)C1Cc2ccccc2C1.CN1CC2(C[C@H]1C(=O)O)SCCS2.CN1CCC[C@H]1C(=O)O.CN1C[C@@H](C(=O)O)N(C)C1=O.CN1Cc2ccccc2C[C@H]1C(=O)O.CN1[C@H](C(=O)O)C[C@@H]2CCCC[C@@H]21.CN1[C@H](C(=O)O)C[C@@H]2CCCC[C@@H]21.CN1[C@H](C(=O)O)C[C@@H]2CCC[C@@H]21.COc1cc2c(cc1OC)CN(C)[C@H](C(=O)O)C2. The van der Waals surface area contributed by atoms with Crippen LogP contribution in [0.15, 0.2) is 60.7 Å². The van der Waals surface area contributed by atoms with Crippen LogP contribution in [0.5, 0.6) is 11.5 Å². The van der Waals surface area contributed by atoms with Gasteiger partial charge in [-0.05, 0) is 229 Å². The number of amides is 2. The molecule has 10 fully saturated rings. The summed E-state index contributed by atoms with van der Waals surface area (Å²) in [4.78, 5) is 126. The first-order chi connectivity index (χ1) is 55.9. The molecule has 9 heterocycles. The van der Waals surface area contributed by atoms with E-state index in [1.54, 1.807) is 21.3 Å². The molecule has 704 valence electrons. The van der Waals surface area contributed by atoms with Crippen LogP contribution in [0.4, 0.5) is 4.79 Å². The number of hydrogen-bond acceptors (Lipinski definition) is 22. The minimum Gasteiger partial charge on any atom is -0.493 e. The van der Waals surface area contributed by atoms with Gasteiger partial charge in [0.2, 0.25) is 0 Å². The summed E-state index contributed by atoms with van der Waals surface area (Å²) in [6.45, 7) is 3.57. The van der Waals surface area contributed by atoms with Gasteiger partial charge in [-0.25, -0.2) is 9.59 Å². The number of thioether (sulfide) groups is 2. The van der Waals surface area contributed by atoms with Gasteiger partial charge >= 0.3 is 59.8 Å². The quantitative estimate of drug-likeness (QED) is 0.0767. The number of ether oxygens (including phenoxy) is 2. The summed E-state index contributed by atoms with van der Waals surface area (Å²) in [5.74, 6) is -0.892. The van der Waals surface area contributed by atoms with Gasteiger partial charge < -0.3 is 65.2 Å². The van der Waals surface area contributed by atoms with Gasteiger partial charge in [-0.15, -0.1) is 23.5 Å². The van der Waals surface area contributed by atoms with E-state index in [0.717, 1.165) is 87.7 Å². The van der Waals surface area contributed by atoms with E-state index in [9.17, 15) is 47.9 Å². The molecule has 2 amide bonds. The van der Waals surface area contributed by atoms with Crippen LogP contribution in [-0.2, 0) is 81.9 Å². The van der Waals surface area contributed by atoms with Gasteiger partial charge in [0.15, 0.2) is 11.5 Å². The third-order valence-electron chi connectivity index (χ3n) is 26.3. The van der Waals surface area contributed by atoms with Crippen LogP contribution in [0.3, 0.4) is 0 Å². The maximum absolute atomic E-state index is 11.2. The van der Waals surface area contributed by atoms with Gasteiger partial charge in [0.05, 0.1) is 31.4 Å². The number of methoxy groups -OCH3 is 2. The number of urea groups is 1. The Labute approximate surface area is 746 Å². The highest BCUT2D eigenvalue weighted by Crippen LogP contribution is 2.51. The summed E-state index contributed by atoms with van der Waals surface area (Å²) in [7, 11) is 21.5. The number of carbonyl (C=O) groups excluding carboxylic acids is 1. The first kappa shape index (κ1) is 112. The van der Waals surface area contributed by atoms with Crippen molar-refractivity contribution in [2.45, 2.75) is 269 Å². The van der Waals surface area contributed by atoms with Crippen molar-refractivity contribution in [1.29, 1.82) is 0 Å². The van der Waals surface area contributed by atoms with E-state index in [2.05, 4.69) is 32.9 Å². The molecule has 13 aliphatic rings. The molecular weight excluding hydrogens is 1630 g/mol. The number of likely N-dealkylation sites (N-methyl/N-ethyl adjacent to an activating group) is 10. The Kier molecular flexibility index (Phi) is 46.9. The van der Waals surface area contributed by atoms with Crippen molar-refractivity contribution in [3.8, 4) is 11.5 Å². The lowest BCUT2D eigenvalue weighted by Gasteiger charge is -2.31. The number of carbonyl (C=O) groups is 10. The smallest absolute Gasteiger partial charge is 0.328 e. The number of aliphatic carboxylic acids is 9. The zero-order valence-electron chi connectivity index (χ0n) is 70.7. The third kappa shape index (κ3) is 29.3. The highest BCUT2D eigenvalue weighted by atomic mass is 32.2. The van der Waals surface area contributed by atoms with Crippen LogP contribution in [-0.4, -0.2) is 354 Å². The van der Waals surface area contributed by atoms with E-state index in [4.69, 9.17) is 55.4 Å². The second-order valence-corrected chi connectivity index (χ2v) is 37.0. The Morgan fingerprint density at radius 2 is 0.782 bits per heavy atom. The molecule has 1 spiro atoms. The van der Waals surface area contributed by atoms with Gasteiger partial charge in [-0.3, -0.25) is 77.6 Å². The van der Waals surface area contributed by atoms with Gasteiger partial charge in [0.1, 0.15) is 48.3 Å². The van der Waals surface area contributed by atoms with E-state index in [-0.39, 0.29) is 104 Å². The first-order valence-electron chi connectivity index (χ1n) is 41.2. The molecule has 9 aliphatic heterocycles. The Bertz CT molecular complexity index is 3850. The molecule has 3 aromatic carbocycles. The van der Waals surface area contributed by atoms with E-state index in [0.29, 0.717) is 72.8 Å². The van der Waals surface area contributed by atoms with Crippen molar-refractivity contribution in [2.24, 2.45) is 17.8 Å². The number of carboxylic acids is 9. The Morgan fingerprint density at radius 1 is 0.419 bits per heavy atom. The molecule has 33 heteroatoms. The van der Waals surface area contributed by atoms with Gasteiger partial charge in [0.25, 0.3) is 0 Å². The van der Waals surface area contributed by atoms with Crippen molar-refractivity contribution in [3.05, 3.63) is 94.0 Å². The number of fused-ring (bicyclic) bond motifs is 6. The molecule has 4 aliphatic carbocycles. The fourth-order valence-electron chi connectivity index (χ4n) is 19.5. The van der Waals surface area contributed by atoms with Crippen LogP contribution in [0.2, 0.25) is 0 Å². The van der Waals surface area contributed by atoms with Crippen LogP contribution in [0.1, 0.15) is 187 Å². The zero-order valence-corrected chi connectivity index (χ0v) is 72.3. The van der Waals surface area contributed by atoms with Gasteiger partial charge in [-0.2, -0.15) is 0 Å². The topological polar surface area (TPSA) is 404 Å². The number of benzene rings is 3. The second kappa shape index (κ2) is 51.8. The Balaban J connectivity index is 0.000000472. The number of carboxylic acid groups (broad SMARTS) is 9. The molecule has 9 N–H and O–H groups in total. The molecule has 0 bridgehead atoms. The third-order valence-corrected chi connectivity index (χ3v) is 29.7. The van der Waals surface area contributed by atoms with Crippen molar-refractivity contribution in [2.75, 3.05) is 122 Å². The molecule has 3 saturated carbocycles. The maximum Gasteiger partial charge on any atom is 0.328 e. The van der Waals surface area contributed by atoms with E-state index in [1.165, 1.54) is 116 Å². The van der Waals surface area contributed by atoms with E-state index >= 15 is 0 Å². The summed E-state index contributed by atoms with van der Waals surface area (Å²) in [6.07, 6.45) is 22.0. The fraction of sp³-hybridized carbons (Fsp3) is 0.692. The summed E-state index contributed by atoms with van der Waals surface area (Å²) < 4.78 is 10.7. The van der Waals surface area contributed by atoms with E-state index < -0.39 is 65.8 Å². The monoisotopic (exact) mass is 1790 g/mol. The Morgan fingerprint density at radius 3 is 1.12 bits per heavy atom.